The second-order valence-electron chi connectivity index (χ2n) is 8.92. The summed E-state index contributed by atoms with van der Waals surface area (Å²) in [4.78, 5) is 21.3. The van der Waals surface area contributed by atoms with Crippen molar-refractivity contribution in [1.82, 2.24) is 15.3 Å². The molecule has 2 heterocycles. The third-order valence-electron chi connectivity index (χ3n) is 6.75. The Morgan fingerprint density at radius 1 is 1.28 bits per heavy atom. The van der Waals surface area contributed by atoms with E-state index in [0.29, 0.717) is 29.1 Å². The monoisotopic (exact) mass is 446 g/mol. The second kappa shape index (κ2) is 8.35. The highest BCUT2D eigenvalue weighted by Crippen LogP contribution is 2.65. The molecule has 3 aliphatic rings. The third kappa shape index (κ3) is 4.18. The maximum Gasteiger partial charge on any atom is 0.266 e. The van der Waals surface area contributed by atoms with Gasteiger partial charge in [-0.3, -0.25) is 4.79 Å². The summed E-state index contributed by atoms with van der Waals surface area (Å²) in [6.07, 6.45) is 3.36. The van der Waals surface area contributed by atoms with Crippen LogP contribution in [0.4, 0.5) is 19.0 Å². The largest absolute Gasteiger partial charge is 0.373 e. The van der Waals surface area contributed by atoms with Crippen molar-refractivity contribution < 1.29 is 22.7 Å². The molecule has 2 N–H and O–H groups in total. The van der Waals surface area contributed by atoms with Crippen molar-refractivity contribution in [3.63, 3.8) is 0 Å². The number of rotatable bonds is 8. The van der Waals surface area contributed by atoms with Gasteiger partial charge in [0.2, 0.25) is 5.91 Å². The average Bonchev–Trinajstić information content (AvgIpc) is 3.61. The SMILES string of the molecule is O=C(Cc1ncnc(NCc2cccc(C(F)F)c2F)c1C1CCCO1)NC1CC12CC2. The van der Waals surface area contributed by atoms with E-state index in [1.165, 1.54) is 31.3 Å². The fourth-order valence-corrected chi connectivity index (χ4v) is 4.60. The summed E-state index contributed by atoms with van der Waals surface area (Å²) in [5.41, 5.74) is 1.10. The van der Waals surface area contributed by atoms with Crippen molar-refractivity contribution in [2.24, 2.45) is 5.41 Å². The second-order valence-corrected chi connectivity index (χ2v) is 8.92. The molecule has 1 aliphatic heterocycles. The van der Waals surface area contributed by atoms with Gasteiger partial charge < -0.3 is 15.4 Å². The molecule has 6 nitrogen and oxygen atoms in total. The minimum absolute atomic E-state index is 0.0284. The lowest BCUT2D eigenvalue weighted by molar-refractivity contribution is -0.120. The lowest BCUT2D eigenvalue weighted by Gasteiger charge is -2.19. The molecule has 9 heteroatoms. The molecule has 2 atom stereocenters. The van der Waals surface area contributed by atoms with Crippen LogP contribution in [0.3, 0.4) is 0 Å². The van der Waals surface area contributed by atoms with Crippen LogP contribution in [0.2, 0.25) is 0 Å². The van der Waals surface area contributed by atoms with Crippen LogP contribution >= 0.6 is 0 Å². The number of nitrogens with zero attached hydrogens (tertiary/aromatic N) is 2. The number of nitrogens with one attached hydrogen (secondary N) is 2. The number of benzene rings is 1. The molecule has 1 aromatic carbocycles. The molecule has 3 fully saturated rings. The van der Waals surface area contributed by atoms with Crippen LogP contribution in [0.5, 0.6) is 0 Å². The van der Waals surface area contributed by atoms with Gasteiger partial charge in [0.15, 0.2) is 0 Å². The molecule has 0 bridgehead atoms. The highest BCUT2D eigenvalue weighted by atomic mass is 19.3. The highest BCUT2D eigenvalue weighted by molar-refractivity contribution is 5.80. The van der Waals surface area contributed by atoms with E-state index in [9.17, 15) is 18.0 Å². The van der Waals surface area contributed by atoms with Gasteiger partial charge >= 0.3 is 0 Å². The molecule has 170 valence electrons. The van der Waals surface area contributed by atoms with E-state index in [1.807, 2.05) is 0 Å². The molecule has 1 saturated heterocycles. The van der Waals surface area contributed by atoms with E-state index in [2.05, 4.69) is 20.6 Å². The lowest BCUT2D eigenvalue weighted by atomic mass is 10.0. The zero-order valence-electron chi connectivity index (χ0n) is 17.5. The summed E-state index contributed by atoms with van der Waals surface area (Å²) in [7, 11) is 0. The summed E-state index contributed by atoms with van der Waals surface area (Å²) in [6, 6.07) is 4.21. The Bertz CT molecular complexity index is 1020. The first-order valence-electron chi connectivity index (χ1n) is 11.0. The van der Waals surface area contributed by atoms with Crippen molar-refractivity contribution in [3.8, 4) is 0 Å². The number of hydrogen-bond acceptors (Lipinski definition) is 5. The number of carbonyl (C=O) groups is 1. The van der Waals surface area contributed by atoms with Crippen LogP contribution in [-0.2, 0) is 22.5 Å². The van der Waals surface area contributed by atoms with Crippen LogP contribution in [0, 0.1) is 11.2 Å². The molecule has 1 aromatic heterocycles. The van der Waals surface area contributed by atoms with Crippen LogP contribution < -0.4 is 10.6 Å². The number of ether oxygens (including phenoxy) is 1. The zero-order valence-corrected chi connectivity index (χ0v) is 17.5. The third-order valence-corrected chi connectivity index (χ3v) is 6.75. The summed E-state index contributed by atoms with van der Waals surface area (Å²) >= 11 is 0. The smallest absolute Gasteiger partial charge is 0.266 e. The lowest BCUT2D eigenvalue weighted by Crippen LogP contribution is -2.29. The van der Waals surface area contributed by atoms with Gasteiger partial charge in [0.25, 0.3) is 6.43 Å². The minimum Gasteiger partial charge on any atom is -0.373 e. The Balaban J connectivity index is 1.35. The van der Waals surface area contributed by atoms with E-state index < -0.39 is 17.8 Å². The number of amides is 1. The predicted octanol–water partition coefficient (Wildman–Crippen LogP) is 4.23. The number of alkyl halides is 2. The summed E-state index contributed by atoms with van der Waals surface area (Å²) in [6.45, 7) is 0.569. The van der Waals surface area contributed by atoms with Crippen LogP contribution in [-0.4, -0.2) is 28.5 Å². The number of hydrogen-bond donors (Lipinski definition) is 2. The normalized spacial score (nSPS) is 22.9. The van der Waals surface area contributed by atoms with Gasteiger partial charge in [-0.1, -0.05) is 18.2 Å². The number of anilines is 1. The number of carbonyl (C=O) groups excluding carboxylic acids is 1. The van der Waals surface area contributed by atoms with Gasteiger partial charge in [0, 0.05) is 30.3 Å². The Morgan fingerprint density at radius 3 is 2.81 bits per heavy atom. The molecule has 2 unspecified atom stereocenters. The Hall–Kier alpha value is -2.68. The zero-order chi connectivity index (χ0) is 22.3. The first kappa shape index (κ1) is 21.2. The first-order chi connectivity index (χ1) is 15.5. The molecular formula is C23H25F3N4O2. The van der Waals surface area contributed by atoms with Crippen molar-refractivity contribution in [3.05, 3.63) is 52.7 Å². The first-order valence-corrected chi connectivity index (χ1v) is 11.0. The highest BCUT2D eigenvalue weighted by Gasteiger charge is 2.63. The number of halogens is 3. The molecule has 2 aromatic rings. The number of aromatic nitrogens is 2. The van der Waals surface area contributed by atoms with Crippen molar-refractivity contribution >= 4 is 11.7 Å². The van der Waals surface area contributed by atoms with Gasteiger partial charge in [0.1, 0.15) is 18.0 Å². The molecule has 2 aliphatic carbocycles. The molecule has 1 amide bonds. The average molecular weight is 446 g/mol. The summed E-state index contributed by atoms with van der Waals surface area (Å²) < 4.78 is 46.3. The minimum atomic E-state index is -2.89. The quantitative estimate of drug-likeness (QED) is 0.635. The van der Waals surface area contributed by atoms with Gasteiger partial charge in [-0.25, -0.2) is 23.1 Å². The summed E-state index contributed by atoms with van der Waals surface area (Å²) in [5.74, 6) is -0.583. The van der Waals surface area contributed by atoms with Crippen molar-refractivity contribution in [2.45, 2.75) is 63.6 Å². The van der Waals surface area contributed by atoms with E-state index in [1.54, 1.807) is 0 Å². The molecule has 0 radical (unpaired) electrons. The van der Waals surface area contributed by atoms with Crippen LogP contribution in [0.1, 0.15) is 67.0 Å². The Morgan fingerprint density at radius 2 is 2.12 bits per heavy atom. The van der Waals surface area contributed by atoms with E-state index >= 15 is 0 Å². The standard InChI is InChI=1S/C23H25F3N4O2/c24-20-13(3-1-4-14(20)21(25)26)11-27-22-19(16-5-2-8-32-16)15(28-12-29-22)9-18(31)30-17-10-23(17)6-7-23/h1,3-4,12,16-17,21H,2,5-11H2,(H,30,31)(H,27,28,29). The fourth-order valence-electron chi connectivity index (χ4n) is 4.60. The van der Waals surface area contributed by atoms with Gasteiger partial charge in [-0.15, -0.1) is 0 Å². The van der Waals surface area contributed by atoms with Gasteiger partial charge in [0.05, 0.1) is 23.8 Å². The molecule has 5 rings (SSSR count). The predicted molar refractivity (Wildman–Crippen MR) is 111 cm³/mol. The Labute approximate surface area is 184 Å². The van der Waals surface area contributed by atoms with Crippen LogP contribution in [0.25, 0.3) is 0 Å². The van der Waals surface area contributed by atoms with E-state index in [-0.39, 0.29) is 36.6 Å². The van der Waals surface area contributed by atoms with E-state index in [4.69, 9.17) is 4.74 Å². The fraction of sp³-hybridized carbons (Fsp3) is 0.522. The molecular weight excluding hydrogens is 421 g/mol. The molecule has 2 saturated carbocycles. The summed E-state index contributed by atoms with van der Waals surface area (Å²) in [5, 5.41) is 6.15. The van der Waals surface area contributed by atoms with Crippen molar-refractivity contribution in [1.29, 1.82) is 0 Å². The van der Waals surface area contributed by atoms with E-state index in [0.717, 1.165) is 25.3 Å². The van der Waals surface area contributed by atoms with Gasteiger partial charge in [-0.05, 0) is 37.5 Å². The topological polar surface area (TPSA) is 76.1 Å². The maximum atomic E-state index is 14.4. The van der Waals surface area contributed by atoms with Gasteiger partial charge in [-0.2, -0.15) is 0 Å². The molecule has 32 heavy (non-hydrogen) atoms. The maximum absolute atomic E-state index is 14.4. The Kier molecular flexibility index (Phi) is 5.53. The van der Waals surface area contributed by atoms with Crippen LogP contribution in [0.15, 0.2) is 24.5 Å². The van der Waals surface area contributed by atoms with Crippen molar-refractivity contribution in [2.75, 3.05) is 11.9 Å². The molecule has 1 spiro atoms.